The second-order valence-electron chi connectivity index (χ2n) is 5.30. The van der Waals surface area contributed by atoms with Gasteiger partial charge in [0, 0.05) is 31.8 Å². The highest BCUT2D eigenvalue weighted by Gasteiger charge is 2.16. The Morgan fingerprint density at radius 3 is 2.42 bits per heavy atom. The normalized spacial score (nSPS) is 14.9. The van der Waals surface area contributed by atoms with Crippen LogP contribution in [0.4, 0.5) is 10.5 Å². The largest absolute Gasteiger partial charge is 0.493 e. The molecule has 0 radical (unpaired) electrons. The summed E-state index contributed by atoms with van der Waals surface area (Å²) >= 11 is 0. The van der Waals surface area contributed by atoms with E-state index >= 15 is 0 Å². The predicted molar refractivity (Wildman–Crippen MR) is 88.6 cm³/mol. The van der Waals surface area contributed by atoms with E-state index < -0.39 is 6.09 Å². The van der Waals surface area contributed by atoms with E-state index in [0.717, 1.165) is 39.3 Å². The van der Waals surface area contributed by atoms with Crippen LogP contribution in [-0.4, -0.2) is 69.8 Å². The maximum atomic E-state index is 10.8. The first kappa shape index (κ1) is 18.2. The number of morpholine rings is 1. The molecule has 1 amide bonds. The molecular formula is C16H24N2O6. The van der Waals surface area contributed by atoms with E-state index in [1.807, 2.05) is 0 Å². The van der Waals surface area contributed by atoms with Crippen LogP contribution in [0.25, 0.3) is 0 Å². The molecule has 0 saturated carbocycles. The third-order valence-corrected chi connectivity index (χ3v) is 3.68. The number of carbonyl (C=O) groups is 1. The summed E-state index contributed by atoms with van der Waals surface area (Å²) < 4.78 is 21.7. The molecule has 0 atom stereocenters. The topological polar surface area (TPSA) is 89.5 Å². The molecule has 1 aliphatic heterocycles. The molecule has 0 bridgehead atoms. The number of nitrogens with zero attached hydrogens (tertiary/aromatic N) is 1. The van der Waals surface area contributed by atoms with Crippen molar-refractivity contribution in [2.75, 3.05) is 59.0 Å². The van der Waals surface area contributed by atoms with Gasteiger partial charge < -0.3 is 24.1 Å². The van der Waals surface area contributed by atoms with E-state index in [9.17, 15) is 4.79 Å². The van der Waals surface area contributed by atoms with Crippen molar-refractivity contribution in [3.8, 4) is 17.2 Å². The van der Waals surface area contributed by atoms with Crippen LogP contribution in [0.1, 0.15) is 6.42 Å². The summed E-state index contributed by atoms with van der Waals surface area (Å²) in [6.07, 6.45) is -0.292. The number of methoxy groups -OCH3 is 2. The predicted octanol–water partition coefficient (Wildman–Crippen LogP) is 1.89. The van der Waals surface area contributed by atoms with Crippen molar-refractivity contribution in [1.82, 2.24) is 4.90 Å². The zero-order valence-electron chi connectivity index (χ0n) is 14.0. The minimum absolute atomic E-state index is 0.358. The van der Waals surface area contributed by atoms with Crippen molar-refractivity contribution >= 4 is 11.8 Å². The molecule has 8 heteroatoms. The number of rotatable bonds is 8. The van der Waals surface area contributed by atoms with Crippen molar-refractivity contribution < 1.29 is 28.8 Å². The SMILES string of the molecule is COc1cc(NC(=O)O)cc(OC)c1OCCCN1CCOCC1. The number of anilines is 1. The third kappa shape index (κ3) is 5.17. The summed E-state index contributed by atoms with van der Waals surface area (Å²) in [5.74, 6) is 1.31. The van der Waals surface area contributed by atoms with Crippen molar-refractivity contribution in [3.63, 3.8) is 0 Å². The number of hydrogen-bond donors (Lipinski definition) is 2. The van der Waals surface area contributed by atoms with Crippen molar-refractivity contribution in [3.05, 3.63) is 12.1 Å². The highest BCUT2D eigenvalue weighted by Crippen LogP contribution is 2.40. The Bertz CT molecular complexity index is 520. The van der Waals surface area contributed by atoms with Gasteiger partial charge in [0.25, 0.3) is 0 Å². The van der Waals surface area contributed by atoms with Crippen LogP contribution >= 0.6 is 0 Å². The third-order valence-electron chi connectivity index (χ3n) is 3.68. The maximum Gasteiger partial charge on any atom is 0.409 e. The van der Waals surface area contributed by atoms with Crippen LogP contribution in [0.15, 0.2) is 12.1 Å². The number of ether oxygens (including phenoxy) is 4. The Morgan fingerprint density at radius 2 is 1.88 bits per heavy atom. The van der Waals surface area contributed by atoms with Gasteiger partial charge in [-0.05, 0) is 6.42 Å². The number of carboxylic acid groups (broad SMARTS) is 1. The molecule has 134 valence electrons. The fraction of sp³-hybridized carbons (Fsp3) is 0.562. The molecule has 0 spiro atoms. The molecule has 2 N–H and O–H groups in total. The van der Waals surface area contributed by atoms with Gasteiger partial charge in [-0.3, -0.25) is 10.2 Å². The molecule has 1 fully saturated rings. The Labute approximate surface area is 141 Å². The molecule has 0 aliphatic carbocycles. The summed E-state index contributed by atoms with van der Waals surface area (Å²) in [4.78, 5) is 13.1. The lowest BCUT2D eigenvalue weighted by Crippen LogP contribution is -2.37. The molecule has 8 nitrogen and oxygen atoms in total. The smallest absolute Gasteiger partial charge is 0.409 e. The quantitative estimate of drug-likeness (QED) is 0.699. The summed E-state index contributed by atoms with van der Waals surface area (Å²) in [5, 5.41) is 11.1. The number of nitrogens with one attached hydrogen (secondary N) is 1. The summed E-state index contributed by atoms with van der Waals surface area (Å²) in [5.41, 5.74) is 0.358. The lowest BCUT2D eigenvalue weighted by Gasteiger charge is -2.26. The van der Waals surface area contributed by atoms with Gasteiger partial charge in [-0.2, -0.15) is 0 Å². The van der Waals surface area contributed by atoms with Gasteiger partial charge in [0.05, 0.1) is 39.7 Å². The van der Waals surface area contributed by atoms with Gasteiger partial charge in [-0.25, -0.2) is 4.79 Å². The Hall–Kier alpha value is -2.19. The van der Waals surface area contributed by atoms with Crippen molar-refractivity contribution in [2.45, 2.75) is 6.42 Å². The standard InChI is InChI=1S/C16H24N2O6/c1-21-13-10-12(17-16(19)20)11-14(22-2)15(13)24-7-3-4-18-5-8-23-9-6-18/h10-11,17H,3-9H2,1-2H3,(H,19,20). The van der Waals surface area contributed by atoms with Gasteiger partial charge in [0.2, 0.25) is 5.75 Å². The fourth-order valence-electron chi connectivity index (χ4n) is 2.50. The molecule has 0 aromatic heterocycles. The first-order valence-electron chi connectivity index (χ1n) is 7.83. The number of hydrogen-bond acceptors (Lipinski definition) is 6. The van der Waals surface area contributed by atoms with Crippen LogP contribution in [0.5, 0.6) is 17.2 Å². The average molecular weight is 340 g/mol. The minimum Gasteiger partial charge on any atom is -0.493 e. The fourth-order valence-corrected chi connectivity index (χ4v) is 2.50. The molecule has 24 heavy (non-hydrogen) atoms. The van der Waals surface area contributed by atoms with E-state index in [4.69, 9.17) is 24.1 Å². The molecular weight excluding hydrogens is 316 g/mol. The summed E-state index contributed by atoms with van der Waals surface area (Å²) in [6, 6.07) is 3.13. The van der Waals surface area contributed by atoms with E-state index in [1.165, 1.54) is 14.2 Å². The Morgan fingerprint density at radius 1 is 1.25 bits per heavy atom. The average Bonchev–Trinajstić information content (AvgIpc) is 2.59. The summed E-state index contributed by atoms with van der Waals surface area (Å²) in [6.45, 7) is 4.90. The highest BCUT2D eigenvalue weighted by atomic mass is 16.5. The molecule has 1 aromatic carbocycles. The molecule has 0 unspecified atom stereocenters. The first-order valence-corrected chi connectivity index (χ1v) is 7.83. The maximum absolute atomic E-state index is 10.8. The van der Waals surface area contributed by atoms with E-state index in [1.54, 1.807) is 12.1 Å². The Balaban J connectivity index is 1.95. The zero-order valence-corrected chi connectivity index (χ0v) is 14.0. The van der Waals surface area contributed by atoms with Crippen LogP contribution < -0.4 is 19.5 Å². The van der Waals surface area contributed by atoms with Crippen LogP contribution in [0.3, 0.4) is 0 Å². The Kier molecular flexibility index (Phi) is 6.95. The molecule has 1 aliphatic rings. The van der Waals surface area contributed by atoms with Crippen LogP contribution in [0, 0.1) is 0 Å². The van der Waals surface area contributed by atoms with E-state index in [-0.39, 0.29) is 0 Å². The van der Waals surface area contributed by atoms with Gasteiger partial charge in [0.15, 0.2) is 11.5 Å². The van der Waals surface area contributed by atoms with Crippen LogP contribution in [0.2, 0.25) is 0 Å². The van der Waals surface area contributed by atoms with E-state index in [2.05, 4.69) is 10.2 Å². The lowest BCUT2D eigenvalue weighted by atomic mass is 10.2. The van der Waals surface area contributed by atoms with E-state index in [0.29, 0.717) is 29.5 Å². The van der Waals surface area contributed by atoms with Gasteiger partial charge in [-0.1, -0.05) is 0 Å². The first-order chi connectivity index (χ1) is 11.6. The second-order valence-corrected chi connectivity index (χ2v) is 5.30. The second kappa shape index (κ2) is 9.19. The molecule has 1 aromatic rings. The lowest BCUT2D eigenvalue weighted by molar-refractivity contribution is 0.0357. The van der Waals surface area contributed by atoms with Crippen molar-refractivity contribution in [1.29, 1.82) is 0 Å². The molecule has 2 rings (SSSR count). The van der Waals surface area contributed by atoms with Crippen LogP contribution in [-0.2, 0) is 4.74 Å². The molecule has 1 saturated heterocycles. The minimum atomic E-state index is -1.15. The monoisotopic (exact) mass is 340 g/mol. The molecule has 1 heterocycles. The van der Waals surface area contributed by atoms with Gasteiger partial charge in [-0.15, -0.1) is 0 Å². The summed E-state index contributed by atoms with van der Waals surface area (Å²) in [7, 11) is 3.00. The number of benzene rings is 1. The van der Waals surface area contributed by atoms with Gasteiger partial charge >= 0.3 is 6.09 Å². The highest BCUT2D eigenvalue weighted by molar-refractivity contribution is 5.84. The number of amides is 1. The van der Waals surface area contributed by atoms with Crippen molar-refractivity contribution in [2.24, 2.45) is 0 Å². The van der Waals surface area contributed by atoms with Gasteiger partial charge in [0.1, 0.15) is 0 Å². The zero-order chi connectivity index (χ0) is 17.4.